The number of nitrogens with one attached hydrogen (secondary N) is 1. The second kappa shape index (κ2) is 8.52. The molecule has 2 aromatic heterocycles. The van der Waals surface area contributed by atoms with Gasteiger partial charge in [0, 0.05) is 28.6 Å². The number of nitrogens with zero attached hydrogens (tertiary/aromatic N) is 2. The first-order chi connectivity index (χ1) is 12.9. The molecule has 3 rings (SSSR count). The molecule has 0 radical (unpaired) electrons. The summed E-state index contributed by atoms with van der Waals surface area (Å²) in [5.41, 5.74) is -0.226. The van der Waals surface area contributed by atoms with Crippen molar-refractivity contribution in [2.45, 2.75) is 50.6 Å². The molecule has 1 N–H and O–H groups in total. The normalized spacial score (nSPS) is 14.3. The number of carbonyl (C=O) groups is 1. The Morgan fingerprint density at radius 3 is 2.67 bits per heavy atom. The first kappa shape index (κ1) is 20.0. The quantitative estimate of drug-likeness (QED) is 0.431. The maximum atomic E-state index is 12.5. The molecule has 0 bridgehead atoms. The van der Waals surface area contributed by atoms with E-state index in [0.29, 0.717) is 37.4 Å². The van der Waals surface area contributed by atoms with Gasteiger partial charge in [-0.1, -0.05) is 13.0 Å². The molecular weight excluding hydrogens is 395 g/mol. The van der Waals surface area contributed by atoms with Crippen molar-refractivity contribution in [1.82, 2.24) is 15.3 Å². The summed E-state index contributed by atoms with van der Waals surface area (Å²) in [5, 5.41) is 6.30. The van der Waals surface area contributed by atoms with Crippen LogP contribution < -0.4 is 5.32 Å². The van der Waals surface area contributed by atoms with Crippen molar-refractivity contribution in [2.24, 2.45) is 0 Å². The van der Waals surface area contributed by atoms with Gasteiger partial charge in [0.2, 0.25) is 0 Å². The molecule has 0 unspecified atom stereocenters. The lowest BCUT2D eigenvalue weighted by atomic mass is 10.1. The minimum Gasteiger partial charge on any atom is -0.351 e. The largest absolute Gasteiger partial charge is 0.412 e. The average Bonchev–Trinajstić information content (AvgIpc) is 3.13. The number of amides is 1. The standard InChI is InChI=1S/C18H20F3N3OS2/c1-11(18(19,20)21)5-3-2-4-8-22-15(25)13-14(12-6-7-12)27-17(24-13)16-23-9-10-26-16/h9-10,12H,1-8H2,(H,22,25). The Labute approximate surface area is 163 Å². The molecule has 2 heterocycles. The molecular formula is C18H20F3N3OS2. The van der Waals surface area contributed by atoms with Crippen molar-refractivity contribution in [2.75, 3.05) is 6.54 Å². The Kier molecular flexibility index (Phi) is 6.31. The first-order valence-corrected chi connectivity index (χ1v) is 10.5. The monoisotopic (exact) mass is 415 g/mol. The van der Waals surface area contributed by atoms with Gasteiger partial charge in [-0.15, -0.1) is 22.7 Å². The van der Waals surface area contributed by atoms with Crippen LogP contribution in [0, 0.1) is 0 Å². The summed E-state index contributed by atoms with van der Waals surface area (Å²) < 4.78 is 37.1. The van der Waals surface area contributed by atoms with Crippen LogP contribution in [0.4, 0.5) is 13.2 Å². The molecule has 9 heteroatoms. The number of rotatable bonds is 9. The summed E-state index contributed by atoms with van der Waals surface area (Å²) >= 11 is 3.02. The third-order valence-corrected chi connectivity index (χ3v) is 6.41. The van der Waals surface area contributed by atoms with Gasteiger partial charge in [0.15, 0.2) is 10.0 Å². The van der Waals surface area contributed by atoms with Crippen LogP contribution in [0.3, 0.4) is 0 Å². The molecule has 0 aromatic carbocycles. The highest BCUT2D eigenvalue weighted by molar-refractivity contribution is 7.20. The van der Waals surface area contributed by atoms with Crippen LogP contribution in [0.5, 0.6) is 0 Å². The van der Waals surface area contributed by atoms with E-state index in [4.69, 9.17) is 0 Å². The Morgan fingerprint density at radius 2 is 2.04 bits per heavy atom. The fourth-order valence-electron chi connectivity index (χ4n) is 2.60. The van der Waals surface area contributed by atoms with Crippen LogP contribution in [-0.4, -0.2) is 28.6 Å². The lowest BCUT2D eigenvalue weighted by Crippen LogP contribution is -2.25. The Hall–Kier alpha value is -1.74. The molecule has 4 nitrogen and oxygen atoms in total. The number of hydrogen-bond donors (Lipinski definition) is 1. The highest BCUT2D eigenvalue weighted by Crippen LogP contribution is 2.46. The molecule has 146 valence electrons. The average molecular weight is 416 g/mol. The number of thiazole rings is 2. The number of allylic oxidation sites excluding steroid dienone is 1. The molecule has 1 saturated carbocycles. The molecule has 0 spiro atoms. The van der Waals surface area contributed by atoms with Gasteiger partial charge in [0.1, 0.15) is 5.69 Å². The number of unbranched alkanes of at least 4 members (excludes halogenated alkanes) is 2. The minimum atomic E-state index is -4.31. The Balaban J connectivity index is 1.48. The fraction of sp³-hybridized carbons (Fsp3) is 0.500. The van der Waals surface area contributed by atoms with Crippen LogP contribution in [0.1, 0.15) is 59.8 Å². The molecule has 1 aliphatic rings. The summed E-state index contributed by atoms with van der Waals surface area (Å²) in [6.07, 6.45) is 1.12. The van der Waals surface area contributed by atoms with E-state index in [-0.39, 0.29) is 12.3 Å². The van der Waals surface area contributed by atoms with Gasteiger partial charge in [-0.05, 0) is 38.0 Å². The molecule has 1 fully saturated rings. The number of hydrogen-bond acceptors (Lipinski definition) is 5. The summed E-state index contributed by atoms with van der Waals surface area (Å²) in [4.78, 5) is 22.3. The van der Waals surface area contributed by atoms with Crippen molar-refractivity contribution in [3.05, 3.63) is 34.3 Å². The summed E-state index contributed by atoms with van der Waals surface area (Å²) in [6, 6.07) is 0. The molecule has 1 aliphatic carbocycles. The lowest BCUT2D eigenvalue weighted by Gasteiger charge is -2.09. The maximum absolute atomic E-state index is 12.5. The predicted octanol–water partition coefficient (Wildman–Crippen LogP) is 5.55. The third kappa shape index (κ3) is 5.38. The molecule has 1 amide bonds. The van der Waals surface area contributed by atoms with E-state index >= 15 is 0 Å². The van der Waals surface area contributed by atoms with Gasteiger partial charge in [-0.25, -0.2) is 9.97 Å². The van der Waals surface area contributed by atoms with E-state index in [1.807, 2.05) is 5.38 Å². The second-order valence-corrected chi connectivity index (χ2v) is 8.44. The van der Waals surface area contributed by atoms with Crippen molar-refractivity contribution >= 4 is 28.6 Å². The van der Waals surface area contributed by atoms with Crippen molar-refractivity contribution in [3.8, 4) is 10.0 Å². The van der Waals surface area contributed by atoms with Crippen LogP contribution in [0.2, 0.25) is 0 Å². The van der Waals surface area contributed by atoms with Crippen molar-refractivity contribution in [3.63, 3.8) is 0 Å². The lowest BCUT2D eigenvalue weighted by molar-refractivity contribution is -0.0937. The van der Waals surface area contributed by atoms with Gasteiger partial charge in [0.05, 0.1) is 0 Å². The van der Waals surface area contributed by atoms with Crippen LogP contribution >= 0.6 is 22.7 Å². The number of alkyl halides is 3. The summed E-state index contributed by atoms with van der Waals surface area (Å²) in [6.45, 7) is 3.48. The van der Waals surface area contributed by atoms with E-state index in [2.05, 4.69) is 21.9 Å². The second-order valence-electron chi connectivity index (χ2n) is 6.51. The maximum Gasteiger partial charge on any atom is 0.412 e. The van der Waals surface area contributed by atoms with Gasteiger partial charge < -0.3 is 5.32 Å². The zero-order valence-electron chi connectivity index (χ0n) is 14.6. The highest BCUT2D eigenvalue weighted by Gasteiger charge is 2.32. The minimum absolute atomic E-state index is 0.0630. The highest BCUT2D eigenvalue weighted by atomic mass is 32.1. The molecule has 2 aromatic rings. The van der Waals surface area contributed by atoms with Gasteiger partial charge in [0.25, 0.3) is 5.91 Å². The molecule has 0 saturated heterocycles. The van der Waals surface area contributed by atoms with Crippen molar-refractivity contribution in [1.29, 1.82) is 0 Å². The van der Waals surface area contributed by atoms with Gasteiger partial charge in [-0.2, -0.15) is 13.2 Å². The topological polar surface area (TPSA) is 54.9 Å². The Morgan fingerprint density at radius 1 is 1.26 bits per heavy atom. The number of aromatic nitrogens is 2. The van der Waals surface area contributed by atoms with E-state index in [1.165, 1.54) is 22.7 Å². The molecule has 0 atom stereocenters. The van der Waals surface area contributed by atoms with Crippen LogP contribution in [0.15, 0.2) is 23.7 Å². The van der Waals surface area contributed by atoms with Crippen molar-refractivity contribution < 1.29 is 18.0 Å². The van der Waals surface area contributed by atoms with E-state index in [9.17, 15) is 18.0 Å². The number of halogens is 3. The molecule has 27 heavy (non-hydrogen) atoms. The third-order valence-electron chi connectivity index (χ3n) is 4.27. The summed E-state index contributed by atoms with van der Waals surface area (Å²) in [5.74, 6) is 0.195. The predicted molar refractivity (Wildman–Crippen MR) is 101 cm³/mol. The van der Waals surface area contributed by atoms with Gasteiger partial charge in [-0.3, -0.25) is 4.79 Å². The first-order valence-electron chi connectivity index (χ1n) is 8.80. The SMILES string of the molecule is C=C(CCCCCNC(=O)c1nc(-c2nccs2)sc1C1CC1)C(F)(F)F. The van der Waals surface area contributed by atoms with Crippen LogP contribution in [0.25, 0.3) is 10.0 Å². The van der Waals surface area contributed by atoms with E-state index < -0.39 is 11.7 Å². The Bertz CT molecular complexity index is 795. The fourth-order valence-corrected chi connectivity index (χ4v) is 4.52. The van der Waals surface area contributed by atoms with Crippen LogP contribution in [-0.2, 0) is 0 Å². The van der Waals surface area contributed by atoms with Gasteiger partial charge >= 0.3 is 6.18 Å². The summed E-state index contributed by atoms with van der Waals surface area (Å²) in [7, 11) is 0. The smallest absolute Gasteiger partial charge is 0.351 e. The zero-order valence-corrected chi connectivity index (χ0v) is 16.3. The van der Waals surface area contributed by atoms with E-state index in [0.717, 1.165) is 27.7 Å². The number of carbonyl (C=O) groups excluding carboxylic acids is 1. The zero-order chi connectivity index (χ0) is 19.4. The van der Waals surface area contributed by atoms with E-state index in [1.54, 1.807) is 6.20 Å². The molecule has 0 aliphatic heterocycles.